The Morgan fingerprint density at radius 2 is 2.26 bits per heavy atom. The van der Waals surface area contributed by atoms with E-state index in [4.69, 9.17) is 5.73 Å². The van der Waals surface area contributed by atoms with Crippen LogP contribution in [0.1, 0.15) is 21.7 Å². The molecule has 0 bridgehead atoms. The highest BCUT2D eigenvalue weighted by Crippen LogP contribution is 2.13. The number of aromatic nitrogens is 2. The summed E-state index contributed by atoms with van der Waals surface area (Å²) in [5, 5.41) is 2.86. The van der Waals surface area contributed by atoms with Crippen molar-refractivity contribution in [1.29, 1.82) is 0 Å². The maximum Gasteiger partial charge on any atom is 0.253 e. The second kappa shape index (κ2) is 5.56. The number of amides is 1. The van der Waals surface area contributed by atoms with Gasteiger partial charge in [0.15, 0.2) is 0 Å². The lowest BCUT2D eigenvalue weighted by Gasteiger charge is -2.08. The standard InChI is InChI=1S/C14H18N4O/c1-10-3-4-12(15)11(9-10)14(19)17-6-5-13-16-7-8-18(13)2/h3-4,7-9H,5-6,15H2,1-2H3,(H,17,19). The van der Waals surface area contributed by atoms with E-state index in [0.29, 0.717) is 24.2 Å². The van der Waals surface area contributed by atoms with Gasteiger partial charge in [0, 0.05) is 38.1 Å². The number of nitrogens with zero attached hydrogens (tertiary/aromatic N) is 2. The number of hydrogen-bond acceptors (Lipinski definition) is 3. The third-order valence-corrected chi connectivity index (χ3v) is 3.01. The number of nitrogen functional groups attached to an aromatic ring is 1. The minimum atomic E-state index is -0.143. The van der Waals surface area contributed by atoms with Crippen molar-refractivity contribution < 1.29 is 4.79 Å². The average Bonchev–Trinajstić information content (AvgIpc) is 2.78. The molecule has 0 fully saturated rings. The first-order chi connectivity index (χ1) is 9.08. The van der Waals surface area contributed by atoms with Crippen LogP contribution >= 0.6 is 0 Å². The number of benzene rings is 1. The lowest BCUT2D eigenvalue weighted by atomic mass is 10.1. The summed E-state index contributed by atoms with van der Waals surface area (Å²) < 4.78 is 1.94. The molecular weight excluding hydrogens is 240 g/mol. The van der Waals surface area contributed by atoms with Crippen LogP contribution in [0.4, 0.5) is 5.69 Å². The van der Waals surface area contributed by atoms with Gasteiger partial charge in [-0.3, -0.25) is 4.79 Å². The molecule has 2 aromatic rings. The minimum Gasteiger partial charge on any atom is -0.398 e. The molecule has 0 atom stereocenters. The number of rotatable bonds is 4. The molecule has 0 aliphatic carbocycles. The number of carbonyl (C=O) groups is 1. The molecule has 1 amide bonds. The second-order valence-electron chi connectivity index (χ2n) is 4.55. The number of anilines is 1. The van der Waals surface area contributed by atoms with E-state index >= 15 is 0 Å². The van der Waals surface area contributed by atoms with Crippen molar-refractivity contribution in [3.8, 4) is 0 Å². The van der Waals surface area contributed by atoms with Crippen LogP contribution in [0.5, 0.6) is 0 Å². The van der Waals surface area contributed by atoms with Crippen LogP contribution in [0.3, 0.4) is 0 Å². The Hall–Kier alpha value is -2.30. The first kappa shape index (κ1) is 13.1. The Kier molecular flexibility index (Phi) is 3.85. The predicted octanol–water partition coefficient (Wildman–Crippen LogP) is 1.28. The van der Waals surface area contributed by atoms with Gasteiger partial charge in [-0.1, -0.05) is 11.6 Å². The number of aryl methyl sites for hydroxylation is 2. The lowest BCUT2D eigenvalue weighted by Crippen LogP contribution is -2.27. The molecule has 0 saturated heterocycles. The summed E-state index contributed by atoms with van der Waals surface area (Å²) in [7, 11) is 1.93. The molecule has 0 spiro atoms. The molecule has 19 heavy (non-hydrogen) atoms. The Bertz CT molecular complexity index is 589. The molecule has 1 aromatic heterocycles. The van der Waals surface area contributed by atoms with E-state index in [-0.39, 0.29) is 5.91 Å². The molecule has 100 valence electrons. The fraction of sp³-hybridized carbons (Fsp3) is 0.286. The Balaban J connectivity index is 1.94. The topological polar surface area (TPSA) is 72.9 Å². The highest BCUT2D eigenvalue weighted by molar-refractivity contribution is 5.99. The lowest BCUT2D eigenvalue weighted by molar-refractivity contribution is 0.0954. The van der Waals surface area contributed by atoms with Crippen LogP contribution < -0.4 is 11.1 Å². The quantitative estimate of drug-likeness (QED) is 0.811. The summed E-state index contributed by atoms with van der Waals surface area (Å²) in [4.78, 5) is 16.2. The van der Waals surface area contributed by atoms with E-state index in [1.165, 1.54) is 0 Å². The molecule has 5 nitrogen and oxygen atoms in total. The van der Waals surface area contributed by atoms with Gasteiger partial charge < -0.3 is 15.6 Å². The SMILES string of the molecule is Cc1ccc(N)c(C(=O)NCCc2nccn2C)c1. The first-order valence-corrected chi connectivity index (χ1v) is 6.18. The minimum absolute atomic E-state index is 0.143. The van der Waals surface area contributed by atoms with Crippen molar-refractivity contribution in [3.63, 3.8) is 0 Å². The molecular formula is C14H18N4O. The molecule has 1 heterocycles. The van der Waals surface area contributed by atoms with Crippen LogP contribution in [0, 0.1) is 6.92 Å². The van der Waals surface area contributed by atoms with Crippen molar-refractivity contribution in [2.24, 2.45) is 7.05 Å². The molecule has 0 saturated carbocycles. The number of hydrogen-bond donors (Lipinski definition) is 2. The van der Waals surface area contributed by atoms with Gasteiger partial charge in [-0.05, 0) is 19.1 Å². The maximum atomic E-state index is 12.0. The molecule has 1 aromatic carbocycles. The zero-order chi connectivity index (χ0) is 13.8. The van der Waals surface area contributed by atoms with Crippen molar-refractivity contribution in [2.75, 3.05) is 12.3 Å². The van der Waals surface area contributed by atoms with E-state index in [0.717, 1.165) is 11.4 Å². The zero-order valence-electron chi connectivity index (χ0n) is 11.2. The molecule has 0 radical (unpaired) electrons. The van der Waals surface area contributed by atoms with Crippen LogP contribution in [-0.2, 0) is 13.5 Å². The summed E-state index contributed by atoms with van der Waals surface area (Å²) in [6.07, 6.45) is 4.33. The number of nitrogens with two attached hydrogens (primary N) is 1. The van der Waals surface area contributed by atoms with Gasteiger partial charge in [0.2, 0.25) is 0 Å². The van der Waals surface area contributed by atoms with Crippen molar-refractivity contribution in [2.45, 2.75) is 13.3 Å². The zero-order valence-corrected chi connectivity index (χ0v) is 11.2. The van der Waals surface area contributed by atoms with Crippen molar-refractivity contribution in [3.05, 3.63) is 47.5 Å². The first-order valence-electron chi connectivity index (χ1n) is 6.18. The Morgan fingerprint density at radius 1 is 1.47 bits per heavy atom. The van der Waals surface area contributed by atoms with Crippen LogP contribution in [0.25, 0.3) is 0 Å². The third kappa shape index (κ3) is 3.13. The largest absolute Gasteiger partial charge is 0.398 e. The third-order valence-electron chi connectivity index (χ3n) is 3.01. The van der Waals surface area contributed by atoms with E-state index in [1.807, 2.05) is 30.8 Å². The predicted molar refractivity (Wildman–Crippen MR) is 74.8 cm³/mol. The van der Waals surface area contributed by atoms with E-state index in [9.17, 15) is 4.79 Å². The van der Waals surface area contributed by atoms with Gasteiger partial charge in [-0.25, -0.2) is 4.98 Å². The summed E-state index contributed by atoms with van der Waals surface area (Å²) >= 11 is 0. The van der Waals surface area contributed by atoms with Crippen LogP contribution in [0.2, 0.25) is 0 Å². The highest BCUT2D eigenvalue weighted by Gasteiger charge is 2.09. The monoisotopic (exact) mass is 258 g/mol. The summed E-state index contributed by atoms with van der Waals surface area (Å²) in [6.45, 7) is 2.47. The summed E-state index contributed by atoms with van der Waals surface area (Å²) in [5.41, 5.74) is 7.85. The van der Waals surface area contributed by atoms with Gasteiger partial charge in [-0.15, -0.1) is 0 Å². The van der Waals surface area contributed by atoms with Gasteiger partial charge in [0.25, 0.3) is 5.91 Å². The smallest absolute Gasteiger partial charge is 0.253 e. The molecule has 0 unspecified atom stereocenters. The fourth-order valence-corrected chi connectivity index (χ4v) is 1.89. The van der Waals surface area contributed by atoms with Gasteiger partial charge in [0.05, 0.1) is 5.56 Å². The second-order valence-corrected chi connectivity index (χ2v) is 4.55. The van der Waals surface area contributed by atoms with Gasteiger partial charge in [-0.2, -0.15) is 0 Å². The van der Waals surface area contributed by atoms with Crippen molar-refractivity contribution >= 4 is 11.6 Å². The maximum absolute atomic E-state index is 12.0. The molecule has 3 N–H and O–H groups in total. The number of carbonyl (C=O) groups excluding carboxylic acids is 1. The van der Waals surface area contributed by atoms with E-state index < -0.39 is 0 Å². The Labute approximate surface area is 112 Å². The number of imidazole rings is 1. The van der Waals surface area contributed by atoms with Gasteiger partial charge >= 0.3 is 0 Å². The van der Waals surface area contributed by atoms with Crippen LogP contribution in [-0.4, -0.2) is 22.0 Å². The Morgan fingerprint density at radius 3 is 2.95 bits per heavy atom. The summed E-state index contributed by atoms with van der Waals surface area (Å²) in [5.74, 6) is 0.799. The van der Waals surface area contributed by atoms with Crippen LogP contribution in [0.15, 0.2) is 30.6 Å². The molecule has 0 aliphatic heterocycles. The van der Waals surface area contributed by atoms with E-state index in [2.05, 4.69) is 10.3 Å². The fourth-order valence-electron chi connectivity index (χ4n) is 1.89. The number of nitrogens with one attached hydrogen (secondary N) is 1. The van der Waals surface area contributed by atoms with Crippen molar-refractivity contribution in [1.82, 2.24) is 14.9 Å². The van der Waals surface area contributed by atoms with Gasteiger partial charge in [0.1, 0.15) is 5.82 Å². The molecule has 0 aliphatic rings. The molecule has 5 heteroatoms. The normalized spacial score (nSPS) is 10.4. The highest BCUT2D eigenvalue weighted by atomic mass is 16.1. The average molecular weight is 258 g/mol. The molecule has 2 rings (SSSR count). The van der Waals surface area contributed by atoms with E-state index in [1.54, 1.807) is 18.3 Å². The summed E-state index contributed by atoms with van der Waals surface area (Å²) in [6, 6.07) is 5.44.